The Morgan fingerprint density at radius 1 is 1.16 bits per heavy atom. The maximum atomic E-state index is 14.0. The van der Waals surface area contributed by atoms with Crippen LogP contribution in [0, 0.1) is 11.2 Å². The van der Waals surface area contributed by atoms with Crippen molar-refractivity contribution in [3.05, 3.63) is 71.6 Å². The van der Waals surface area contributed by atoms with Crippen LogP contribution in [-0.2, 0) is 9.53 Å². The number of benzene rings is 2. The normalized spacial score (nSPS) is 12.4. The van der Waals surface area contributed by atoms with E-state index in [0.29, 0.717) is 29.7 Å². The molecule has 0 saturated carbocycles. The highest BCUT2D eigenvalue weighted by Gasteiger charge is 2.34. The summed E-state index contributed by atoms with van der Waals surface area (Å²) in [7, 11) is 0. The number of rotatable bonds is 9. The number of anilines is 1. The van der Waals surface area contributed by atoms with Crippen molar-refractivity contribution in [1.82, 2.24) is 0 Å². The smallest absolute Gasteiger partial charge is 0.412 e. The number of ether oxygens (including phenoxy) is 1. The van der Waals surface area contributed by atoms with Crippen LogP contribution >= 0.6 is 0 Å². The number of hydrogen-bond acceptors (Lipinski definition) is 5. The van der Waals surface area contributed by atoms with Gasteiger partial charge in [0.05, 0.1) is 0 Å². The minimum Gasteiger partial charge on any atom is -0.505 e. The molecule has 0 spiro atoms. The van der Waals surface area contributed by atoms with Gasteiger partial charge in [-0.05, 0) is 61.7 Å². The first-order chi connectivity index (χ1) is 15.0. The van der Waals surface area contributed by atoms with Crippen LogP contribution in [0.5, 0.6) is 5.75 Å². The molecule has 0 radical (unpaired) electrons. The van der Waals surface area contributed by atoms with E-state index in [1.54, 1.807) is 24.3 Å². The molecule has 1 atom stereocenters. The predicted molar refractivity (Wildman–Crippen MR) is 117 cm³/mol. The number of amides is 1. The first-order valence-electron chi connectivity index (χ1n) is 9.96. The summed E-state index contributed by atoms with van der Waals surface area (Å²) < 4.78 is 19.7. The second-order valence-corrected chi connectivity index (χ2v) is 8.02. The van der Waals surface area contributed by atoms with Crippen LogP contribution in [0.15, 0.2) is 54.6 Å². The number of halogens is 1. The molecule has 0 heterocycles. The van der Waals surface area contributed by atoms with E-state index in [1.807, 2.05) is 13.8 Å². The van der Waals surface area contributed by atoms with Gasteiger partial charge in [0, 0.05) is 22.7 Å². The lowest BCUT2D eigenvalue weighted by atomic mass is 9.78. The van der Waals surface area contributed by atoms with Gasteiger partial charge in [0.2, 0.25) is 0 Å². The van der Waals surface area contributed by atoms with E-state index in [9.17, 15) is 23.9 Å². The lowest BCUT2D eigenvalue weighted by Crippen LogP contribution is -2.29. The molecule has 0 fully saturated rings. The maximum absolute atomic E-state index is 14.0. The van der Waals surface area contributed by atoms with Crippen LogP contribution in [0.4, 0.5) is 14.9 Å². The van der Waals surface area contributed by atoms with Gasteiger partial charge in [-0.3, -0.25) is 10.1 Å². The summed E-state index contributed by atoms with van der Waals surface area (Å²) in [6, 6.07) is 10.0. The Morgan fingerprint density at radius 2 is 1.81 bits per heavy atom. The molecule has 2 aromatic rings. The molecule has 8 heteroatoms. The molecular weight excluding hydrogens is 417 g/mol. The third kappa shape index (κ3) is 6.94. The Balaban J connectivity index is 2.23. The molecule has 7 nitrogen and oxygen atoms in total. The largest absolute Gasteiger partial charge is 0.505 e. The number of aromatic hydroxyl groups is 1. The van der Waals surface area contributed by atoms with Gasteiger partial charge in [-0.25, -0.2) is 14.0 Å². The van der Waals surface area contributed by atoms with Gasteiger partial charge in [0.25, 0.3) is 0 Å². The zero-order valence-corrected chi connectivity index (χ0v) is 18.1. The van der Waals surface area contributed by atoms with Crippen molar-refractivity contribution in [2.45, 2.75) is 39.7 Å². The second-order valence-electron chi connectivity index (χ2n) is 8.02. The predicted octanol–water partition coefficient (Wildman–Crippen LogP) is 5.47. The quantitative estimate of drug-likeness (QED) is 0.350. The molecule has 1 amide bonds. The van der Waals surface area contributed by atoms with E-state index in [2.05, 4.69) is 5.32 Å². The summed E-state index contributed by atoms with van der Waals surface area (Å²) in [6.07, 6.45) is 1.68. The molecule has 3 N–H and O–H groups in total. The van der Waals surface area contributed by atoms with Crippen molar-refractivity contribution in [2.24, 2.45) is 5.41 Å². The highest BCUT2D eigenvalue weighted by atomic mass is 19.1. The van der Waals surface area contributed by atoms with Gasteiger partial charge in [0.1, 0.15) is 6.10 Å². The molecule has 0 unspecified atom stereocenters. The van der Waals surface area contributed by atoms with Crippen molar-refractivity contribution in [2.75, 3.05) is 5.32 Å². The number of carboxylic acids is 1. The summed E-state index contributed by atoms with van der Waals surface area (Å²) in [5.41, 5.74) is 0.548. The number of nitrogens with one attached hydrogen (secondary N) is 1. The summed E-state index contributed by atoms with van der Waals surface area (Å²) >= 11 is 0. The van der Waals surface area contributed by atoms with Crippen molar-refractivity contribution in [3.63, 3.8) is 0 Å². The first kappa shape index (κ1) is 24.6. The van der Waals surface area contributed by atoms with E-state index in [1.165, 1.54) is 25.1 Å². The van der Waals surface area contributed by atoms with E-state index in [-0.39, 0.29) is 5.78 Å². The summed E-state index contributed by atoms with van der Waals surface area (Å²) in [4.78, 5) is 34.7. The van der Waals surface area contributed by atoms with Crippen molar-refractivity contribution in [3.8, 4) is 5.75 Å². The highest BCUT2D eigenvalue weighted by Crippen LogP contribution is 2.41. The van der Waals surface area contributed by atoms with Gasteiger partial charge in [-0.1, -0.05) is 26.0 Å². The van der Waals surface area contributed by atoms with E-state index in [4.69, 9.17) is 9.84 Å². The number of phenols is 1. The molecule has 2 aromatic carbocycles. The third-order valence-corrected chi connectivity index (χ3v) is 4.96. The molecule has 2 rings (SSSR count). The molecule has 0 saturated heterocycles. The third-order valence-electron chi connectivity index (χ3n) is 4.96. The minimum absolute atomic E-state index is 0.104. The molecule has 0 aliphatic rings. The van der Waals surface area contributed by atoms with E-state index < -0.39 is 35.1 Å². The zero-order valence-electron chi connectivity index (χ0n) is 18.1. The molecular formula is C24H26FNO6. The molecule has 0 bridgehead atoms. The first-order valence-corrected chi connectivity index (χ1v) is 9.96. The van der Waals surface area contributed by atoms with E-state index >= 15 is 0 Å². The van der Waals surface area contributed by atoms with Gasteiger partial charge in [-0.15, -0.1) is 0 Å². The molecule has 170 valence electrons. The van der Waals surface area contributed by atoms with Crippen LogP contribution in [0.25, 0.3) is 0 Å². The van der Waals surface area contributed by atoms with Crippen LogP contribution in [-0.4, -0.2) is 28.1 Å². The van der Waals surface area contributed by atoms with Crippen LogP contribution in [0.1, 0.15) is 55.6 Å². The number of hydrogen-bond donors (Lipinski definition) is 3. The fourth-order valence-electron chi connectivity index (χ4n) is 3.18. The fraction of sp³-hybridized carbons (Fsp3) is 0.292. The lowest BCUT2D eigenvalue weighted by molar-refractivity contribution is -0.131. The van der Waals surface area contributed by atoms with Crippen molar-refractivity contribution in [1.29, 1.82) is 0 Å². The van der Waals surface area contributed by atoms with Crippen LogP contribution < -0.4 is 5.32 Å². The number of carbonyl (C=O) groups excluding carboxylic acids is 2. The van der Waals surface area contributed by atoms with Crippen LogP contribution in [0.3, 0.4) is 0 Å². The Bertz CT molecular complexity index is 1010. The Kier molecular flexibility index (Phi) is 8.12. The molecule has 0 aromatic heterocycles. The number of carbonyl (C=O) groups is 3. The Morgan fingerprint density at radius 3 is 2.38 bits per heavy atom. The summed E-state index contributed by atoms with van der Waals surface area (Å²) in [6.45, 7) is 5.06. The number of phenolic OH excluding ortho intramolecular Hbond substituents is 1. The number of carboxylic acid groups (broad SMARTS) is 1. The number of ketones is 1. The van der Waals surface area contributed by atoms with Crippen LogP contribution in [0.2, 0.25) is 0 Å². The monoisotopic (exact) mass is 443 g/mol. The lowest BCUT2D eigenvalue weighted by Gasteiger charge is -2.34. The topological polar surface area (TPSA) is 113 Å². The van der Waals surface area contributed by atoms with E-state index in [0.717, 1.165) is 12.1 Å². The fourth-order valence-corrected chi connectivity index (χ4v) is 3.18. The van der Waals surface area contributed by atoms with Crippen molar-refractivity contribution >= 4 is 23.5 Å². The number of Topliss-reactive ketones (excluding diaryl/α,β-unsaturated/α-hetero) is 1. The van der Waals surface area contributed by atoms with Gasteiger partial charge < -0.3 is 14.9 Å². The maximum Gasteiger partial charge on any atom is 0.412 e. The van der Waals surface area contributed by atoms with Gasteiger partial charge >= 0.3 is 12.1 Å². The van der Waals surface area contributed by atoms with Crippen molar-refractivity contribution < 1.29 is 33.7 Å². The molecule has 32 heavy (non-hydrogen) atoms. The highest BCUT2D eigenvalue weighted by molar-refractivity contribution is 5.95. The van der Waals surface area contributed by atoms with Gasteiger partial charge in [-0.2, -0.15) is 0 Å². The Hall–Kier alpha value is -3.68. The second kappa shape index (κ2) is 10.6. The molecule has 0 aliphatic heterocycles. The zero-order chi connectivity index (χ0) is 23.9. The number of aliphatic carboxylic acids is 1. The minimum atomic E-state index is -1.06. The standard InChI is InChI=1S/C24H26FNO6/c1-15(27)16-7-10-18(11-8-16)26-23(31)32-22(17-9-12-20(28)19(25)14-17)24(2,3)13-5-4-6-21(29)30/h4,6-12,14,22,28H,5,13H2,1-3H3,(H,26,31)(H,29,30)/b6-4+/t22-/m1/s1. The average Bonchev–Trinajstić information content (AvgIpc) is 2.72. The average molecular weight is 443 g/mol. The van der Waals surface area contributed by atoms with Gasteiger partial charge in [0.15, 0.2) is 17.3 Å². The molecule has 0 aliphatic carbocycles. The summed E-state index contributed by atoms with van der Waals surface area (Å²) in [5, 5.41) is 20.8. The Labute approximate surface area is 185 Å². The SMILES string of the molecule is CC(=O)c1ccc(NC(=O)O[C@H](c2ccc(O)c(F)c2)C(C)(C)CC/C=C/C(=O)O)cc1. The summed E-state index contributed by atoms with van der Waals surface area (Å²) in [5.74, 6) is -2.54. The number of allylic oxidation sites excluding steroid dienone is 1.